The van der Waals surface area contributed by atoms with Crippen LogP contribution in [0.2, 0.25) is 0 Å². The van der Waals surface area contributed by atoms with Gasteiger partial charge < -0.3 is 10.6 Å². The molecule has 3 heteroatoms. The molecule has 0 aromatic heterocycles. The van der Waals surface area contributed by atoms with Crippen LogP contribution in [0.25, 0.3) is 0 Å². The lowest BCUT2D eigenvalue weighted by atomic mass is 9.85. The van der Waals surface area contributed by atoms with Crippen LogP contribution in [0, 0.1) is 0 Å². The van der Waals surface area contributed by atoms with Gasteiger partial charge in [-0.2, -0.15) is 0 Å². The highest BCUT2D eigenvalue weighted by Crippen LogP contribution is 2.29. The van der Waals surface area contributed by atoms with Crippen molar-refractivity contribution in [1.82, 2.24) is 5.32 Å². The first-order chi connectivity index (χ1) is 9.88. The molecule has 0 aliphatic heterocycles. The van der Waals surface area contributed by atoms with Crippen LogP contribution in [0.3, 0.4) is 0 Å². The number of nitrogens with one attached hydrogen (secondary N) is 2. The Morgan fingerprint density at radius 2 is 1.81 bits per heavy atom. The smallest absolute Gasteiger partial charge is 0.242 e. The van der Waals surface area contributed by atoms with E-state index in [0.29, 0.717) is 6.04 Å². The third-order valence-electron chi connectivity index (χ3n) is 4.20. The van der Waals surface area contributed by atoms with Gasteiger partial charge in [-0.25, -0.2) is 0 Å². The molecule has 116 valence electrons. The number of hydrogen-bond acceptors (Lipinski definition) is 2. The maximum atomic E-state index is 12.3. The van der Waals surface area contributed by atoms with Gasteiger partial charge in [0.15, 0.2) is 0 Å². The van der Waals surface area contributed by atoms with E-state index < -0.39 is 0 Å². The first-order valence-corrected chi connectivity index (χ1v) is 8.04. The average Bonchev–Trinajstić information content (AvgIpc) is 2.91. The second kappa shape index (κ2) is 6.50. The van der Waals surface area contributed by atoms with Gasteiger partial charge in [-0.3, -0.25) is 4.79 Å². The van der Waals surface area contributed by atoms with Gasteiger partial charge in [0.1, 0.15) is 6.04 Å². The summed E-state index contributed by atoms with van der Waals surface area (Å²) < 4.78 is 0. The summed E-state index contributed by atoms with van der Waals surface area (Å²) in [5.74, 6) is 0.102. The summed E-state index contributed by atoms with van der Waals surface area (Å²) in [5.41, 5.74) is 2.36. The Labute approximate surface area is 128 Å². The van der Waals surface area contributed by atoms with Gasteiger partial charge in [-0.15, -0.1) is 0 Å². The van der Waals surface area contributed by atoms with Gasteiger partial charge in [-0.05, 0) is 36.8 Å². The third-order valence-corrected chi connectivity index (χ3v) is 4.20. The molecule has 1 aromatic carbocycles. The predicted molar refractivity (Wildman–Crippen MR) is 88.6 cm³/mol. The van der Waals surface area contributed by atoms with Crippen molar-refractivity contribution in [1.29, 1.82) is 0 Å². The Balaban J connectivity index is 2.02. The third kappa shape index (κ3) is 4.23. The van der Waals surface area contributed by atoms with Crippen molar-refractivity contribution in [2.45, 2.75) is 70.9 Å². The van der Waals surface area contributed by atoms with Crippen LogP contribution in [0.1, 0.15) is 58.9 Å². The van der Waals surface area contributed by atoms with E-state index in [0.717, 1.165) is 18.5 Å². The number of amides is 1. The fraction of sp³-hybridized carbons (Fsp3) is 0.611. The first kappa shape index (κ1) is 15.9. The molecule has 1 unspecified atom stereocenters. The Kier molecular flexibility index (Phi) is 4.92. The van der Waals surface area contributed by atoms with Crippen molar-refractivity contribution in [3.05, 3.63) is 29.8 Å². The van der Waals surface area contributed by atoms with E-state index in [1.165, 1.54) is 18.4 Å². The highest BCUT2D eigenvalue weighted by atomic mass is 16.2. The van der Waals surface area contributed by atoms with Gasteiger partial charge in [-0.1, -0.05) is 51.8 Å². The second-order valence-corrected chi connectivity index (χ2v) is 7.15. The van der Waals surface area contributed by atoms with Crippen LogP contribution >= 0.6 is 0 Å². The molecule has 21 heavy (non-hydrogen) atoms. The molecule has 0 spiro atoms. The SMILES string of the molecule is CC(Nc1ccccc1C(C)(C)C)C(=O)NC1CCCC1. The zero-order chi connectivity index (χ0) is 15.5. The molecule has 0 heterocycles. The van der Waals surface area contributed by atoms with Crippen LogP contribution in [0.5, 0.6) is 0 Å². The van der Waals surface area contributed by atoms with E-state index in [9.17, 15) is 4.79 Å². The van der Waals surface area contributed by atoms with Gasteiger partial charge >= 0.3 is 0 Å². The minimum Gasteiger partial charge on any atom is -0.374 e. The van der Waals surface area contributed by atoms with Crippen LogP contribution in [-0.4, -0.2) is 18.0 Å². The monoisotopic (exact) mass is 288 g/mol. The molecule has 0 saturated heterocycles. The summed E-state index contributed by atoms with van der Waals surface area (Å²) in [6, 6.07) is 8.41. The predicted octanol–water partition coefficient (Wildman–Crippen LogP) is 3.84. The molecule has 0 radical (unpaired) electrons. The van der Waals surface area contributed by atoms with E-state index >= 15 is 0 Å². The molecule has 2 N–H and O–H groups in total. The zero-order valence-corrected chi connectivity index (χ0v) is 13.7. The van der Waals surface area contributed by atoms with E-state index in [-0.39, 0.29) is 17.4 Å². The highest BCUT2D eigenvalue weighted by Gasteiger charge is 2.23. The highest BCUT2D eigenvalue weighted by molar-refractivity contribution is 5.84. The van der Waals surface area contributed by atoms with Crippen molar-refractivity contribution >= 4 is 11.6 Å². The fourth-order valence-corrected chi connectivity index (χ4v) is 2.96. The maximum Gasteiger partial charge on any atom is 0.242 e. The quantitative estimate of drug-likeness (QED) is 0.883. The van der Waals surface area contributed by atoms with E-state index in [1.807, 2.05) is 13.0 Å². The average molecular weight is 288 g/mol. The minimum absolute atomic E-state index is 0.0608. The normalized spacial score (nSPS) is 17.5. The summed E-state index contributed by atoms with van der Waals surface area (Å²) in [6.07, 6.45) is 4.72. The molecule has 1 amide bonds. The van der Waals surface area contributed by atoms with E-state index in [2.05, 4.69) is 49.6 Å². The van der Waals surface area contributed by atoms with Gasteiger partial charge in [0.25, 0.3) is 0 Å². The Hall–Kier alpha value is -1.51. The molecule has 0 bridgehead atoms. The number of para-hydroxylation sites is 1. The fourth-order valence-electron chi connectivity index (χ4n) is 2.96. The van der Waals surface area contributed by atoms with Gasteiger partial charge in [0, 0.05) is 11.7 Å². The Morgan fingerprint density at radius 3 is 2.43 bits per heavy atom. The van der Waals surface area contributed by atoms with Crippen LogP contribution in [0.4, 0.5) is 5.69 Å². The number of benzene rings is 1. The molecule has 1 aromatic rings. The number of carbonyl (C=O) groups is 1. The van der Waals surface area contributed by atoms with Crippen LogP contribution in [-0.2, 0) is 10.2 Å². The zero-order valence-electron chi connectivity index (χ0n) is 13.7. The largest absolute Gasteiger partial charge is 0.374 e. The minimum atomic E-state index is -0.214. The number of carbonyl (C=O) groups excluding carboxylic acids is 1. The summed E-state index contributed by atoms with van der Waals surface area (Å²) in [7, 11) is 0. The van der Waals surface area contributed by atoms with Crippen molar-refractivity contribution in [3.63, 3.8) is 0 Å². The number of hydrogen-bond donors (Lipinski definition) is 2. The van der Waals surface area contributed by atoms with Crippen molar-refractivity contribution in [3.8, 4) is 0 Å². The first-order valence-electron chi connectivity index (χ1n) is 8.04. The molecule has 3 nitrogen and oxygen atoms in total. The molecule has 1 saturated carbocycles. The Morgan fingerprint density at radius 1 is 1.19 bits per heavy atom. The molecule has 2 rings (SSSR count). The van der Waals surface area contributed by atoms with E-state index in [4.69, 9.17) is 0 Å². The molecular formula is C18H28N2O. The van der Waals surface area contributed by atoms with Crippen molar-refractivity contribution in [2.75, 3.05) is 5.32 Å². The summed E-state index contributed by atoms with van der Waals surface area (Å²) >= 11 is 0. The summed E-state index contributed by atoms with van der Waals surface area (Å²) in [4.78, 5) is 12.3. The number of anilines is 1. The van der Waals surface area contributed by atoms with Crippen LogP contribution < -0.4 is 10.6 Å². The molecular weight excluding hydrogens is 260 g/mol. The molecule has 1 fully saturated rings. The molecule has 1 aliphatic rings. The van der Waals surface area contributed by atoms with Crippen molar-refractivity contribution in [2.24, 2.45) is 0 Å². The summed E-state index contributed by atoms with van der Waals surface area (Å²) in [5, 5.41) is 6.53. The lowest BCUT2D eigenvalue weighted by Crippen LogP contribution is -2.42. The van der Waals surface area contributed by atoms with Crippen molar-refractivity contribution < 1.29 is 4.79 Å². The number of rotatable bonds is 4. The Bertz CT molecular complexity index is 484. The molecule has 1 atom stereocenters. The van der Waals surface area contributed by atoms with Gasteiger partial charge in [0.2, 0.25) is 5.91 Å². The summed E-state index contributed by atoms with van der Waals surface area (Å²) in [6.45, 7) is 8.51. The topological polar surface area (TPSA) is 41.1 Å². The van der Waals surface area contributed by atoms with Gasteiger partial charge in [0.05, 0.1) is 0 Å². The lowest BCUT2D eigenvalue weighted by Gasteiger charge is -2.26. The second-order valence-electron chi connectivity index (χ2n) is 7.15. The lowest BCUT2D eigenvalue weighted by molar-refractivity contribution is -0.122. The maximum absolute atomic E-state index is 12.3. The molecule has 1 aliphatic carbocycles. The standard InChI is InChI=1S/C18H28N2O/c1-13(17(21)20-14-9-5-6-10-14)19-16-12-8-7-11-15(16)18(2,3)4/h7-8,11-14,19H,5-6,9-10H2,1-4H3,(H,20,21). The van der Waals surface area contributed by atoms with E-state index in [1.54, 1.807) is 0 Å². The van der Waals surface area contributed by atoms with Crippen LogP contribution in [0.15, 0.2) is 24.3 Å².